The molecule has 0 aliphatic heterocycles. The minimum absolute atomic E-state index is 0.00206. The molecule has 0 fully saturated rings. The Morgan fingerprint density at radius 3 is 2.59 bits per heavy atom. The van der Waals surface area contributed by atoms with Gasteiger partial charge in [0.15, 0.2) is 5.71 Å². The Hall–Kier alpha value is -2.57. The summed E-state index contributed by atoms with van der Waals surface area (Å²) in [6, 6.07) is 10.9. The van der Waals surface area contributed by atoms with E-state index in [1.165, 1.54) is 38.5 Å². The van der Waals surface area contributed by atoms with Crippen molar-refractivity contribution in [1.29, 1.82) is 0 Å². The third kappa shape index (κ3) is 5.70. The SMILES string of the molecule is CON=C(C(=O)OC)c1ccccc1COc1ccc(F)cc1C=C(Cl)Cl. The molecular formula is C19H16Cl2FNO4. The Bertz CT molecular complexity index is 880. The van der Waals surface area contributed by atoms with Crippen LogP contribution in [0.25, 0.3) is 6.08 Å². The second-order valence-corrected chi connectivity index (χ2v) is 6.18. The standard InChI is InChI=1S/C19H16Cl2FNO4/c1-25-19(24)18(23-26-2)15-6-4-3-5-12(15)11-27-16-8-7-14(22)9-13(16)10-17(20)21/h3-10H,11H2,1-2H3. The molecule has 0 aliphatic carbocycles. The van der Waals surface area contributed by atoms with E-state index in [2.05, 4.69) is 5.16 Å². The summed E-state index contributed by atoms with van der Waals surface area (Å²) in [6.07, 6.45) is 1.37. The van der Waals surface area contributed by atoms with Crippen LogP contribution in [0.15, 0.2) is 52.1 Å². The maximum Gasteiger partial charge on any atom is 0.360 e. The first kappa shape index (κ1) is 20.7. The molecule has 0 atom stereocenters. The zero-order chi connectivity index (χ0) is 19.8. The van der Waals surface area contributed by atoms with E-state index in [4.69, 9.17) is 37.5 Å². The molecule has 0 saturated heterocycles. The smallest absolute Gasteiger partial charge is 0.360 e. The molecule has 2 aromatic rings. The lowest BCUT2D eigenvalue weighted by Crippen LogP contribution is -2.19. The first-order valence-corrected chi connectivity index (χ1v) is 8.44. The largest absolute Gasteiger partial charge is 0.488 e. The van der Waals surface area contributed by atoms with Gasteiger partial charge in [-0.05, 0) is 29.8 Å². The summed E-state index contributed by atoms with van der Waals surface area (Å²) in [5.74, 6) is -0.735. The van der Waals surface area contributed by atoms with Crippen molar-refractivity contribution >= 4 is 41.0 Å². The number of halogens is 3. The van der Waals surface area contributed by atoms with Crippen molar-refractivity contribution in [3.8, 4) is 5.75 Å². The predicted molar refractivity (Wildman–Crippen MR) is 102 cm³/mol. The number of carbonyl (C=O) groups excluding carboxylic acids is 1. The van der Waals surface area contributed by atoms with Gasteiger partial charge in [-0.3, -0.25) is 0 Å². The van der Waals surface area contributed by atoms with Gasteiger partial charge in [-0.2, -0.15) is 0 Å². The Labute approximate surface area is 165 Å². The average Bonchev–Trinajstić information content (AvgIpc) is 2.65. The van der Waals surface area contributed by atoms with Gasteiger partial charge in [0, 0.05) is 11.1 Å². The van der Waals surface area contributed by atoms with Crippen molar-refractivity contribution in [2.45, 2.75) is 6.61 Å². The molecule has 0 aromatic heterocycles. The highest BCUT2D eigenvalue weighted by Gasteiger charge is 2.19. The average molecular weight is 412 g/mol. The van der Waals surface area contributed by atoms with Crippen LogP contribution in [0.3, 0.4) is 0 Å². The van der Waals surface area contributed by atoms with Crippen molar-refractivity contribution in [2.24, 2.45) is 5.16 Å². The molecule has 27 heavy (non-hydrogen) atoms. The van der Waals surface area contributed by atoms with Crippen molar-refractivity contribution in [1.82, 2.24) is 0 Å². The van der Waals surface area contributed by atoms with Gasteiger partial charge < -0.3 is 14.3 Å². The minimum atomic E-state index is -0.649. The van der Waals surface area contributed by atoms with Crippen LogP contribution in [0.5, 0.6) is 5.75 Å². The molecule has 5 nitrogen and oxygen atoms in total. The molecule has 0 unspecified atom stereocenters. The maximum absolute atomic E-state index is 13.5. The van der Waals surface area contributed by atoms with Crippen molar-refractivity contribution < 1.29 is 23.5 Å². The van der Waals surface area contributed by atoms with E-state index in [0.29, 0.717) is 22.4 Å². The summed E-state index contributed by atoms with van der Waals surface area (Å²) in [7, 11) is 2.58. The molecule has 0 spiro atoms. The fraction of sp³-hybridized carbons (Fsp3) is 0.158. The lowest BCUT2D eigenvalue weighted by atomic mass is 10.0. The number of rotatable bonds is 7. The topological polar surface area (TPSA) is 57.1 Å². The third-order valence-corrected chi connectivity index (χ3v) is 3.67. The molecule has 2 aromatic carbocycles. The van der Waals surface area contributed by atoms with Gasteiger partial charge in [-0.25, -0.2) is 9.18 Å². The highest BCUT2D eigenvalue weighted by atomic mass is 35.5. The van der Waals surface area contributed by atoms with Gasteiger partial charge in [0.25, 0.3) is 0 Å². The second-order valence-electron chi connectivity index (χ2n) is 5.18. The van der Waals surface area contributed by atoms with E-state index in [0.717, 1.165) is 0 Å². The number of methoxy groups -OCH3 is 1. The molecular weight excluding hydrogens is 396 g/mol. The predicted octanol–water partition coefficient (Wildman–Crippen LogP) is 4.70. The highest BCUT2D eigenvalue weighted by molar-refractivity contribution is 6.57. The molecule has 0 bridgehead atoms. The number of ether oxygens (including phenoxy) is 2. The normalized spacial score (nSPS) is 10.9. The Morgan fingerprint density at radius 2 is 1.93 bits per heavy atom. The number of nitrogens with zero attached hydrogens (tertiary/aromatic N) is 1. The summed E-state index contributed by atoms with van der Waals surface area (Å²) in [4.78, 5) is 16.7. The zero-order valence-electron chi connectivity index (χ0n) is 14.5. The summed E-state index contributed by atoms with van der Waals surface area (Å²) >= 11 is 11.3. The summed E-state index contributed by atoms with van der Waals surface area (Å²) < 4.78 is 24.0. The van der Waals surface area contributed by atoms with Crippen LogP contribution in [0.4, 0.5) is 4.39 Å². The molecule has 0 saturated carbocycles. The summed E-state index contributed by atoms with van der Waals surface area (Å²) in [6.45, 7) is 0.0717. The van der Waals surface area contributed by atoms with Crippen LogP contribution in [-0.2, 0) is 21.0 Å². The number of hydrogen-bond donors (Lipinski definition) is 0. The number of hydrogen-bond acceptors (Lipinski definition) is 5. The molecule has 8 heteroatoms. The van der Waals surface area contributed by atoms with Crippen molar-refractivity contribution in [3.05, 3.63) is 69.5 Å². The Kier molecular flexibility index (Phi) is 7.64. The van der Waals surface area contributed by atoms with Crippen LogP contribution >= 0.6 is 23.2 Å². The fourth-order valence-electron chi connectivity index (χ4n) is 2.30. The van der Waals surface area contributed by atoms with Crippen LogP contribution in [0.2, 0.25) is 0 Å². The number of carbonyl (C=O) groups is 1. The van der Waals surface area contributed by atoms with E-state index in [9.17, 15) is 9.18 Å². The number of benzene rings is 2. The second kappa shape index (κ2) is 9.94. The van der Waals surface area contributed by atoms with Crippen LogP contribution in [0, 0.1) is 5.82 Å². The zero-order valence-corrected chi connectivity index (χ0v) is 16.1. The fourth-order valence-corrected chi connectivity index (χ4v) is 2.53. The Balaban J connectivity index is 2.34. The monoisotopic (exact) mass is 411 g/mol. The molecule has 142 valence electrons. The van der Waals surface area contributed by atoms with Crippen molar-refractivity contribution in [3.63, 3.8) is 0 Å². The molecule has 2 rings (SSSR count). The molecule has 0 radical (unpaired) electrons. The lowest BCUT2D eigenvalue weighted by Gasteiger charge is -2.13. The summed E-state index contributed by atoms with van der Waals surface area (Å²) in [5.41, 5.74) is 1.52. The van der Waals surface area contributed by atoms with Gasteiger partial charge in [0.2, 0.25) is 0 Å². The lowest BCUT2D eigenvalue weighted by molar-refractivity contribution is -0.132. The Morgan fingerprint density at radius 1 is 1.19 bits per heavy atom. The van der Waals surface area contributed by atoms with E-state index in [1.807, 2.05) is 0 Å². The van der Waals surface area contributed by atoms with Crippen LogP contribution in [-0.4, -0.2) is 25.9 Å². The van der Waals surface area contributed by atoms with Gasteiger partial charge in [-0.1, -0.05) is 52.6 Å². The van der Waals surface area contributed by atoms with Gasteiger partial charge in [0.1, 0.15) is 29.8 Å². The number of oxime groups is 1. The first-order valence-electron chi connectivity index (χ1n) is 7.69. The highest BCUT2D eigenvalue weighted by Crippen LogP contribution is 2.26. The van der Waals surface area contributed by atoms with Gasteiger partial charge in [-0.15, -0.1) is 0 Å². The van der Waals surface area contributed by atoms with Gasteiger partial charge >= 0.3 is 5.97 Å². The molecule has 0 aliphatic rings. The quantitative estimate of drug-likeness (QED) is 0.376. The first-order chi connectivity index (χ1) is 13.0. The van der Waals surface area contributed by atoms with E-state index in [-0.39, 0.29) is 16.8 Å². The molecule has 0 heterocycles. The molecule has 0 amide bonds. The van der Waals surface area contributed by atoms with Crippen LogP contribution in [0.1, 0.15) is 16.7 Å². The third-order valence-electron chi connectivity index (χ3n) is 3.45. The van der Waals surface area contributed by atoms with Crippen LogP contribution < -0.4 is 4.74 Å². The molecule has 0 N–H and O–H groups in total. The van der Waals surface area contributed by atoms with E-state index >= 15 is 0 Å². The van der Waals surface area contributed by atoms with Crippen molar-refractivity contribution in [2.75, 3.05) is 14.2 Å². The summed E-state index contributed by atoms with van der Waals surface area (Å²) in [5, 5.41) is 3.74. The van der Waals surface area contributed by atoms with E-state index < -0.39 is 11.8 Å². The van der Waals surface area contributed by atoms with E-state index in [1.54, 1.807) is 24.3 Å². The number of esters is 1. The van der Waals surface area contributed by atoms with Gasteiger partial charge in [0.05, 0.1) is 7.11 Å². The maximum atomic E-state index is 13.5. The minimum Gasteiger partial charge on any atom is -0.488 e.